The maximum Gasteiger partial charge on any atom is 0.165 e. The summed E-state index contributed by atoms with van der Waals surface area (Å²) in [6, 6.07) is 11.9. The van der Waals surface area contributed by atoms with Gasteiger partial charge in [0.05, 0.1) is 7.11 Å². The molecule has 0 amide bonds. The molecule has 1 heterocycles. The zero-order valence-electron chi connectivity index (χ0n) is 11.5. The van der Waals surface area contributed by atoms with Gasteiger partial charge < -0.3 is 9.84 Å². The third-order valence-electron chi connectivity index (χ3n) is 3.50. The van der Waals surface area contributed by atoms with Crippen molar-refractivity contribution in [2.24, 2.45) is 0 Å². The van der Waals surface area contributed by atoms with E-state index >= 15 is 0 Å². The van der Waals surface area contributed by atoms with Gasteiger partial charge in [-0.15, -0.1) is 0 Å². The number of aliphatic hydroxyl groups excluding tert-OH is 1. The topological polar surface area (TPSA) is 42.4 Å². The molecule has 0 aliphatic heterocycles. The summed E-state index contributed by atoms with van der Waals surface area (Å²) in [5.41, 5.74) is 1.30. The number of halogens is 1. The summed E-state index contributed by atoms with van der Waals surface area (Å²) in [4.78, 5) is 4.10. The summed E-state index contributed by atoms with van der Waals surface area (Å²) in [7, 11) is 1.40. The van der Waals surface area contributed by atoms with Crippen molar-refractivity contribution in [3.63, 3.8) is 0 Å². The molecule has 3 aromatic rings. The molecule has 0 saturated heterocycles. The van der Waals surface area contributed by atoms with Crippen LogP contribution in [0.15, 0.2) is 54.9 Å². The Morgan fingerprint density at radius 1 is 1.19 bits per heavy atom. The number of nitrogens with zero attached hydrogens (tertiary/aromatic N) is 1. The molecule has 0 aliphatic carbocycles. The van der Waals surface area contributed by atoms with Crippen LogP contribution in [0.2, 0.25) is 0 Å². The number of benzene rings is 2. The van der Waals surface area contributed by atoms with E-state index in [1.165, 1.54) is 19.2 Å². The predicted molar refractivity (Wildman–Crippen MR) is 78.8 cm³/mol. The van der Waals surface area contributed by atoms with Gasteiger partial charge in [-0.2, -0.15) is 0 Å². The second-order valence-electron chi connectivity index (χ2n) is 4.74. The van der Waals surface area contributed by atoms with Crippen LogP contribution in [0.5, 0.6) is 5.75 Å². The van der Waals surface area contributed by atoms with E-state index in [-0.39, 0.29) is 5.75 Å². The zero-order valence-corrected chi connectivity index (χ0v) is 11.5. The molecule has 0 spiro atoms. The van der Waals surface area contributed by atoms with Crippen LogP contribution in [0.3, 0.4) is 0 Å². The third kappa shape index (κ3) is 2.45. The summed E-state index contributed by atoms with van der Waals surface area (Å²) in [6.07, 6.45) is 2.56. The van der Waals surface area contributed by atoms with E-state index in [1.807, 2.05) is 24.3 Å². The molecule has 0 aliphatic rings. The molecule has 106 valence electrons. The Bertz CT molecular complexity index is 783. The number of fused-ring (bicyclic) bond motifs is 1. The third-order valence-corrected chi connectivity index (χ3v) is 3.50. The maximum atomic E-state index is 13.5. The van der Waals surface area contributed by atoms with Gasteiger partial charge in [0.25, 0.3) is 0 Å². The Morgan fingerprint density at radius 2 is 2.05 bits per heavy atom. The second-order valence-corrected chi connectivity index (χ2v) is 4.74. The van der Waals surface area contributed by atoms with Crippen LogP contribution < -0.4 is 4.74 Å². The normalized spacial score (nSPS) is 12.3. The molecule has 1 aromatic heterocycles. The fourth-order valence-corrected chi connectivity index (χ4v) is 2.40. The van der Waals surface area contributed by atoms with Crippen molar-refractivity contribution in [3.8, 4) is 5.75 Å². The molecule has 4 heteroatoms. The molecule has 0 fully saturated rings. The molecule has 0 saturated carbocycles. The molecule has 3 nitrogen and oxygen atoms in total. The first-order valence-corrected chi connectivity index (χ1v) is 6.55. The minimum Gasteiger partial charge on any atom is -0.494 e. The summed E-state index contributed by atoms with van der Waals surface area (Å²) in [5, 5.41) is 12.5. The average molecular weight is 283 g/mol. The van der Waals surface area contributed by atoms with Gasteiger partial charge in [-0.1, -0.05) is 24.3 Å². The lowest BCUT2D eigenvalue weighted by molar-refractivity contribution is 0.221. The maximum absolute atomic E-state index is 13.5. The standard InChI is InChI=1S/C17H14FNO2/c1-21-16-9-12(5-6-15(16)18)17(20)13-4-2-3-11-7-8-19-10-14(11)13/h2-10,17,20H,1H3. The second kappa shape index (κ2) is 5.50. The number of rotatable bonds is 3. The van der Waals surface area contributed by atoms with E-state index in [9.17, 15) is 9.50 Å². The monoisotopic (exact) mass is 283 g/mol. The molecular weight excluding hydrogens is 269 g/mol. The Hall–Kier alpha value is -2.46. The van der Waals surface area contributed by atoms with Gasteiger partial charge in [-0.25, -0.2) is 4.39 Å². The summed E-state index contributed by atoms with van der Waals surface area (Å²) >= 11 is 0. The smallest absolute Gasteiger partial charge is 0.165 e. The zero-order chi connectivity index (χ0) is 14.8. The van der Waals surface area contributed by atoms with Gasteiger partial charge in [0, 0.05) is 17.8 Å². The number of hydrogen-bond acceptors (Lipinski definition) is 3. The van der Waals surface area contributed by atoms with Crippen molar-refractivity contribution < 1.29 is 14.2 Å². The molecular formula is C17H14FNO2. The van der Waals surface area contributed by atoms with Crippen molar-refractivity contribution in [1.82, 2.24) is 4.98 Å². The van der Waals surface area contributed by atoms with E-state index < -0.39 is 11.9 Å². The lowest BCUT2D eigenvalue weighted by Gasteiger charge is -2.15. The number of hydrogen-bond donors (Lipinski definition) is 1. The van der Waals surface area contributed by atoms with Crippen molar-refractivity contribution in [3.05, 3.63) is 71.8 Å². The van der Waals surface area contributed by atoms with E-state index in [0.29, 0.717) is 5.56 Å². The van der Waals surface area contributed by atoms with Gasteiger partial charge in [-0.05, 0) is 34.7 Å². The fraction of sp³-hybridized carbons (Fsp3) is 0.118. The number of aromatic nitrogens is 1. The largest absolute Gasteiger partial charge is 0.494 e. The van der Waals surface area contributed by atoms with Crippen LogP contribution in [0, 0.1) is 5.82 Å². The number of pyridine rings is 1. The molecule has 1 N–H and O–H groups in total. The van der Waals surface area contributed by atoms with Crippen molar-refractivity contribution in [2.75, 3.05) is 7.11 Å². The molecule has 1 unspecified atom stereocenters. The summed E-state index contributed by atoms with van der Waals surface area (Å²) in [5.74, 6) is -0.335. The van der Waals surface area contributed by atoms with Gasteiger partial charge in [0.2, 0.25) is 0 Å². The highest BCUT2D eigenvalue weighted by molar-refractivity contribution is 5.85. The number of aliphatic hydroxyl groups is 1. The Balaban J connectivity index is 2.10. The lowest BCUT2D eigenvalue weighted by Crippen LogP contribution is -2.02. The fourth-order valence-electron chi connectivity index (χ4n) is 2.40. The van der Waals surface area contributed by atoms with Crippen LogP contribution in [0.25, 0.3) is 10.8 Å². The van der Waals surface area contributed by atoms with E-state index in [0.717, 1.165) is 16.3 Å². The highest BCUT2D eigenvalue weighted by atomic mass is 19.1. The molecule has 1 atom stereocenters. The first-order chi connectivity index (χ1) is 10.2. The minimum atomic E-state index is -0.868. The van der Waals surface area contributed by atoms with E-state index in [4.69, 9.17) is 4.74 Å². The first kappa shape index (κ1) is 13.5. The number of methoxy groups -OCH3 is 1. The molecule has 0 bridgehead atoms. The van der Waals surface area contributed by atoms with Crippen molar-refractivity contribution in [1.29, 1.82) is 0 Å². The number of ether oxygens (including phenoxy) is 1. The van der Waals surface area contributed by atoms with Gasteiger partial charge in [-0.3, -0.25) is 4.98 Å². The van der Waals surface area contributed by atoms with Crippen molar-refractivity contribution >= 4 is 10.8 Å². The van der Waals surface area contributed by atoms with Gasteiger partial charge in [0.1, 0.15) is 6.10 Å². The highest BCUT2D eigenvalue weighted by Crippen LogP contribution is 2.30. The minimum absolute atomic E-state index is 0.116. The molecule has 3 rings (SSSR count). The van der Waals surface area contributed by atoms with Crippen LogP contribution in [-0.2, 0) is 0 Å². The Labute approximate surface area is 121 Å². The Kier molecular flexibility index (Phi) is 3.54. The first-order valence-electron chi connectivity index (χ1n) is 6.55. The van der Waals surface area contributed by atoms with Gasteiger partial charge in [0.15, 0.2) is 11.6 Å². The highest BCUT2D eigenvalue weighted by Gasteiger charge is 2.15. The molecule has 0 radical (unpaired) electrons. The average Bonchev–Trinajstić information content (AvgIpc) is 2.54. The molecule has 2 aromatic carbocycles. The van der Waals surface area contributed by atoms with Gasteiger partial charge >= 0.3 is 0 Å². The quantitative estimate of drug-likeness (QED) is 0.800. The van der Waals surface area contributed by atoms with E-state index in [1.54, 1.807) is 18.5 Å². The van der Waals surface area contributed by atoms with Crippen LogP contribution in [0.1, 0.15) is 17.2 Å². The SMILES string of the molecule is COc1cc(C(O)c2cccc3ccncc23)ccc1F. The van der Waals surface area contributed by atoms with Crippen LogP contribution in [0.4, 0.5) is 4.39 Å². The van der Waals surface area contributed by atoms with Crippen molar-refractivity contribution in [2.45, 2.75) is 6.10 Å². The lowest BCUT2D eigenvalue weighted by atomic mass is 9.97. The Morgan fingerprint density at radius 3 is 2.86 bits per heavy atom. The predicted octanol–water partition coefficient (Wildman–Crippen LogP) is 3.46. The van der Waals surface area contributed by atoms with E-state index in [2.05, 4.69) is 4.98 Å². The van der Waals surface area contributed by atoms with Crippen LogP contribution >= 0.6 is 0 Å². The molecule has 21 heavy (non-hydrogen) atoms. The summed E-state index contributed by atoms with van der Waals surface area (Å²) in [6.45, 7) is 0. The van der Waals surface area contributed by atoms with Crippen LogP contribution in [-0.4, -0.2) is 17.2 Å². The summed E-state index contributed by atoms with van der Waals surface area (Å²) < 4.78 is 18.4.